The number of nitrogens with zero attached hydrogens (tertiary/aromatic N) is 3. The molecular weight excluding hydrogens is 461 g/mol. The third-order valence-electron chi connectivity index (χ3n) is 5.62. The van der Waals surface area contributed by atoms with E-state index in [4.69, 9.17) is 9.47 Å². The predicted octanol–water partition coefficient (Wildman–Crippen LogP) is 4.87. The van der Waals surface area contributed by atoms with Gasteiger partial charge in [0.1, 0.15) is 5.82 Å². The molecule has 0 saturated heterocycles. The van der Waals surface area contributed by atoms with Crippen molar-refractivity contribution in [3.63, 3.8) is 0 Å². The maximum Gasteiger partial charge on any atom is 0.416 e. The van der Waals surface area contributed by atoms with Gasteiger partial charge < -0.3 is 14.5 Å². The highest BCUT2D eigenvalue weighted by Gasteiger charge is 2.30. The second-order valence-corrected chi connectivity index (χ2v) is 7.95. The van der Waals surface area contributed by atoms with E-state index in [0.717, 1.165) is 17.7 Å². The normalized spacial score (nSPS) is 12.4. The molecular formula is C25H23F3N4O3. The highest BCUT2D eigenvalue weighted by atomic mass is 19.4. The van der Waals surface area contributed by atoms with Crippen LogP contribution in [0.2, 0.25) is 0 Å². The molecule has 2 heterocycles. The molecule has 4 rings (SSSR count). The Bertz CT molecular complexity index is 1380. The Morgan fingerprint density at radius 2 is 1.74 bits per heavy atom. The molecule has 1 atom stereocenters. The first-order valence-electron chi connectivity index (χ1n) is 10.7. The van der Waals surface area contributed by atoms with Crippen LogP contribution in [0.4, 0.5) is 13.2 Å². The van der Waals surface area contributed by atoms with Crippen LogP contribution >= 0.6 is 0 Å². The number of methoxy groups -OCH3 is 2. The third kappa shape index (κ3) is 5.37. The van der Waals surface area contributed by atoms with Crippen LogP contribution in [0.1, 0.15) is 35.5 Å². The summed E-state index contributed by atoms with van der Waals surface area (Å²) in [5.74, 6) is 1.63. The van der Waals surface area contributed by atoms with Gasteiger partial charge in [-0.25, -0.2) is 4.98 Å². The summed E-state index contributed by atoms with van der Waals surface area (Å²) in [5, 5.41) is 4.34. The molecule has 182 valence electrons. The molecule has 1 N–H and O–H groups in total. The summed E-state index contributed by atoms with van der Waals surface area (Å²) in [7, 11) is 3.10. The standard InChI is InChI=1S/C25H23F3N4O3/c1-15(17-5-7-19(8-6-17)25(26,27)28)32-14-18(13-29-32)20-12-24(33)31-23(30-20)11-16-4-9-21(34-2)22(10-16)35-3/h4-10,12-15H,11H2,1-3H3,(H,30,31,33)/t15-/m1/s1. The van der Waals surface area contributed by atoms with E-state index in [1.165, 1.54) is 18.2 Å². The molecule has 0 unspecified atom stereocenters. The summed E-state index contributed by atoms with van der Waals surface area (Å²) in [4.78, 5) is 19.6. The van der Waals surface area contributed by atoms with E-state index in [9.17, 15) is 18.0 Å². The Balaban J connectivity index is 1.57. The zero-order valence-corrected chi connectivity index (χ0v) is 19.3. The van der Waals surface area contributed by atoms with Crippen LogP contribution in [0.15, 0.2) is 65.7 Å². The zero-order valence-electron chi connectivity index (χ0n) is 19.3. The van der Waals surface area contributed by atoms with Crippen LogP contribution in [0, 0.1) is 0 Å². The Labute approximate surface area is 199 Å². The van der Waals surface area contributed by atoms with Crippen molar-refractivity contribution in [2.75, 3.05) is 14.2 Å². The van der Waals surface area contributed by atoms with Crippen LogP contribution in [0.25, 0.3) is 11.3 Å². The number of benzene rings is 2. The Morgan fingerprint density at radius 1 is 1.03 bits per heavy atom. The van der Waals surface area contributed by atoms with E-state index < -0.39 is 11.7 Å². The van der Waals surface area contributed by atoms with Gasteiger partial charge in [0, 0.05) is 24.2 Å². The van der Waals surface area contributed by atoms with E-state index in [1.54, 1.807) is 37.4 Å². The van der Waals surface area contributed by atoms with Gasteiger partial charge in [0.25, 0.3) is 5.56 Å². The minimum absolute atomic E-state index is 0.311. The summed E-state index contributed by atoms with van der Waals surface area (Å²) in [6.45, 7) is 1.83. The SMILES string of the molecule is COc1ccc(Cc2nc(-c3cnn([C@H](C)c4ccc(C(F)(F)F)cc4)c3)cc(=O)[nH]2)cc1OC. The Kier molecular flexibility index (Phi) is 6.63. The number of hydrogen-bond acceptors (Lipinski definition) is 5. The van der Waals surface area contributed by atoms with Gasteiger partial charge in [-0.3, -0.25) is 9.48 Å². The molecule has 0 radical (unpaired) electrons. The smallest absolute Gasteiger partial charge is 0.416 e. The van der Waals surface area contributed by atoms with Crippen LogP contribution in [0.5, 0.6) is 11.5 Å². The highest BCUT2D eigenvalue weighted by molar-refractivity contribution is 5.56. The van der Waals surface area contributed by atoms with Crippen molar-refractivity contribution in [2.45, 2.75) is 25.6 Å². The average Bonchev–Trinajstić information content (AvgIpc) is 3.33. The molecule has 0 saturated carbocycles. The van der Waals surface area contributed by atoms with Gasteiger partial charge in [-0.05, 0) is 42.3 Å². The van der Waals surface area contributed by atoms with E-state index in [2.05, 4.69) is 15.1 Å². The van der Waals surface area contributed by atoms with E-state index in [1.807, 2.05) is 19.1 Å². The van der Waals surface area contributed by atoms with Crippen molar-refractivity contribution in [1.29, 1.82) is 0 Å². The summed E-state index contributed by atoms with van der Waals surface area (Å²) < 4.78 is 50.7. The number of hydrogen-bond donors (Lipinski definition) is 1. The first-order chi connectivity index (χ1) is 16.7. The van der Waals surface area contributed by atoms with E-state index in [0.29, 0.717) is 40.6 Å². The van der Waals surface area contributed by atoms with Gasteiger partial charge >= 0.3 is 6.18 Å². The van der Waals surface area contributed by atoms with Gasteiger partial charge in [-0.15, -0.1) is 0 Å². The van der Waals surface area contributed by atoms with Crippen molar-refractivity contribution < 1.29 is 22.6 Å². The number of halogens is 3. The Hall–Kier alpha value is -4.08. The minimum atomic E-state index is -4.39. The molecule has 7 nitrogen and oxygen atoms in total. The third-order valence-corrected chi connectivity index (χ3v) is 5.62. The monoisotopic (exact) mass is 484 g/mol. The lowest BCUT2D eigenvalue weighted by Gasteiger charge is -2.14. The highest BCUT2D eigenvalue weighted by Crippen LogP contribution is 2.31. The summed E-state index contributed by atoms with van der Waals surface area (Å²) in [6, 6.07) is 11.5. The maximum atomic E-state index is 12.8. The molecule has 2 aromatic carbocycles. The van der Waals surface area contributed by atoms with Gasteiger partial charge in [0.2, 0.25) is 0 Å². The van der Waals surface area contributed by atoms with Crippen molar-refractivity contribution in [1.82, 2.24) is 19.7 Å². The summed E-state index contributed by atoms with van der Waals surface area (Å²) in [6.07, 6.45) is -0.742. The fraction of sp³-hybridized carbons (Fsp3) is 0.240. The second-order valence-electron chi connectivity index (χ2n) is 7.95. The molecule has 0 aliphatic rings. The number of nitrogens with one attached hydrogen (secondary N) is 1. The quantitative estimate of drug-likeness (QED) is 0.405. The number of alkyl halides is 3. The van der Waals surface area contributed by atoms with Gasteiger partial charge in [-0.1, -0.05) is 18.2 Å². The summed E-state index contributed by atoms with van der Waals surface area (Å²) >= 11 is 0. The maximum absolute atomic E-state index is 12.8. The number of rotatable bonds is 7. The van der Waals surface area contributed by atoms with Crippen molar-refractivity contribution >= 4 is 0 Å². The molecule has 0 amide bonds. The molecule has 10 heteroatoms. The molecule has 0 spiro atoms. The molecule has 2 aromatic heterocycles. The molecule has 0 fully saturated rings. The van der Waals surface area contributed by atoms with Gasteiger partial charge in [0.05, 0.1) is 37.7 Å². The first-order valence-corrected chi connectivity index (χ1v) is 10.7. The minimum Gasteiger partial charge on any atom is -0.493 e. The fourth-order valence-electron chi connectivity index (χ4n) is 3.71. The number of ether oxygens (including phenoxy) is 2. The zero-order chi connectivity index (χ0) is 25.2. The van der Waals surface area contributed by atoms with Crippen LogP contribution in [0.3, 0.4) is 0 Å². The fourth-order valence-corrected chi connectivity index (χ4v) is 3.71. The van der Waals surface area contributed by atoms with Gasteiger partial charge in [0.15, 0.2) is 11.5 Å². The predicted molar refractivity (Wildman–Crippen MR) is 124 cm³/mol. The van der Waals surface area contributed by atoms with Crippen LogP contribution in [-0.2, 0) is 12.6 Å². The van der Waals surface area contributed by atoms with Crippen molar-refractivity contribution in [2.24, 2.45) is 0 Å². The number of aromatic amines is 1. The summed E-state index contributed by atoms with van der Waals surface area (Å²) in [5.41, 5.74) is 1.58. The molecule has 4 aromatic rings. The lowest BCUT2D eigenvalue weighted by molar-refractivity contribution is -0.137. The number of H-pyrrole nitrogens is 1. The topological polar surface area (TPSA) is 82.0 Å². The second kappa shape index (κ2) is 9.65. The lowest BCUT2D eigenvalue weighted by atomic mass is 10.1. The van der Waals surface area contributed by atoms with Crippen molar-refractivity contribution in [3.05, 3.63) is 93.8 Å². The first kappa shape index (κ1) is 24.1. The van der Waals surface area contributed by atoms with Crippen LogP contribution < -0.4 is 15.0 Å². The lowest BCUT2D eigenvalue weighted by Crippen LogP contribution is -2.11. The molecule has 0 aliphatic carbocycles. The van der Waals surface area contributed by atoms with E-state index in [-0.39, 0.29) is 11.6 Å². The largest absolute Gasteiger partial charge is 0.493 e. The Morgan fingerprint density at radius 3 is 2.40 bits per heavy atom. The molecule has 35 heavy (non-hydrogen) atoms. The average molecular weight is 484 g/mol. The van der Waals surface area contributed by atoms with E-state index >= 15 is 0 Å². The number of aromatic nitrogens is 4. The molecule has 0 aliphatic heterocycles. The van der Waals surface area contributed by atoms with Gasteiger partial charge in [-0.2, -0.15) is 18.3 Å². The molecule has 0 bridgehead atoms. The van der Waals surface area contributed by atoms with Crippen molar-refractivity contribution in [3.8, 4) is 22.8 Å². The van der Waals surface area contributed by atoms with Crippen LogP contribution in [-0.4, -0.2) is 34.0 Å².